The minimum absolute atomic E-state index is 1.11. The summed E-state index contributed by atoms with van der Waals surface area (Å²) < 4.78 is 39.0. The van der Waals surface area contributed by atoms with Gasteiger partial charge in [-0.05, 0) is 0 Å². The van der Waals surface area contributed by atoms with Crippen molar-refractivity contribution in [2.75, 3.05) is 0 Å². The number of unbranched alkanes of at least 4 members (excludes halogenated alkanes) is 4. The standard InChI is InChI=1S/C7H15.BF4/c1-3-5-7-6-4-2;2-1(3,4)5/h1,3-7H2,2H3;/q;-1. The minimum atomic E-state index is -6.00. The molecule has 12 heavy (non-hydrogen) atoms. The Morgan fingerprint density at radius 2 is 1.42 bits per heavy atom. The normalized spacial score (nSPS) is 10.5. The first kappa shape index (κ1) is 14.3. The molecule has 0 heterocycles. The molecule has 5 heteroatoms. The van der Waals surface area contributed by atoms with Gasteiger partial charge in [-0.25, -0.2) is 0 Å². The van der Waals surface area contributed by atoms with Crippen LogP contribution in [0.2, 0.25) is 0 Å². The van der Waals surface area contributed by atoms with E-state index in [1.165, 1.54) is 25.7 Å². The molecule has 0 nitrogen and oxygen atoms in total. The van der Waals surface area contributed by atoms with E-state index in [-0.39, 0.29) is 0 Å². The molecule has 75 valence electrons. The largest absolute Gasteiger partial charge is 0.673 e. The van der Waals surface area contributed by atoms with Crippen LogP contribution in [0.15, 0.2) is 0 Å². The quantitative estimate of drug-likeness (QED) is 0.352. The highest BCUT2D eigenvalue weighted by molar-refractivity contribution is 6.50. The van der Waals surface area contributed by atoms with E-state index in [4.69, 9.17) is 0 Å². The SMILES string of the molecule is F[B-](F)(F)F.[CH2]CCCCCC. The third kappa shape index (κ3) is 52.7. The number of hydrogen-bond acceptors (Lipinski definition) is 0. The van der Waals surface area contributed by atoms with Crippen molar-refractivity contribution in [2.45, 2.75) is 39.0 Å². The molecular formula is C7H15BF4-. The third-order valence-corrected chi connectivity index (χ3v) is 1.10. The molecule has 0 saturated heterocycles. The van der Waals surface area contributed by atoms with Crippen molar-refractivity contribution in [3.05, 3.63) is 6.92 Å². The summed E-state index contributed by atoms with van der Waals surface area (Å²) in [4.78, 5) is 0. The Morgan fingerprint density at radius 1 is 1.00 bits per heavy atom. The Labute approximate surface area is 71.5 Å². The maximum atomic E-state index is 9.75. The van der Waals surface area contributed by atoms with Gasteiger partial charge < -0.3 is 17.3 Å². The number of hydrogen-bond donors (Lipinski definition) is 0. The van der Waals surface area contributed by atoms with Gasteiger partial charge in [0.25, 0.3) is 0 Å². The Balaban J connectivity index is 0. The second kappa shape index (κ2) is 8.88. The topological polar surface area (TPSA) is 0 Å². The first-order chi connectivity index (χ1) is 5.41. The highest BCUT2D eigenvalue weighted by atomic mass is 19.5. The Bertz CT molecular complexity index is 72.0. The zero-order chi connectivity index (χ0) is 10.0. The third-order valence-electron chi connectivity index (χ3n) is 1.10. The molecule has 1 radical (unpaired) electrons. The average molecular weight is 186 g/mol. The van der Waals surface area contributed by atoms with Gasteiger partial charge in [-0.1, -0.05) is 46.0 Å². The van der Waals surface area contributed by atoms with Crippen LogP contribution in [-0.2, 0) is 0 Å². The zero-order valence-corrected chi connectivity index (χ0v) is 7.33. The predicted octanol–water partition coefficient (Wildman–Crippen LogP) is 4.09. The van der Waals surface area contributed by atoms with Crippen molar-refractivity contribution >= 4 is 7.25 Å². The molecule has 0 aromatic heterocycles. The van der Waals surface area contributed by atoms with E-state index in [1.807, 2.05) is 0 Å². The molecule has 0 N–H and O–H groups in total. The van der Waals surface area contributed by atoms with Gasteiger partial charge in [-0.15, -0.1) is 0 Å². The lowest BCUT2D eigenvalue weighted by Gasteiger charge is -1.94. The lowest BCUT2D eigenvalue weighted by molar-refractivity contribution is 0.368. The molecule has 0 aromatic carbocycles. The van der Waals surface area contributed by atoms with E-state index in [0.29, 0.717) is 0 Å². The van der Waals surface area contributed by atoms with Crippen LogP contribution in [0, 0.1) is 6.92 Å². The summed E-state index contributed by atoms with van der Waals surface area (Å²) in [6.07, 6.45) is 6.52. The van der Waals surface area contributed by atoms with Crippen LogP contribution in [0.4, 0.5) is 17.3 Å². The first-order valence-corrected chi connectivity index (χ1v) is 4.08. The van der Waals surface area contributed by atoms with Gasteiger partial charge in [0, 0.05) is 0 Å². The summed E-state index contributed by atoms with van der Waals surface area (Å²) in [5, 5.41) is 0. The van der Waals surface area contributed by atoms with Gasteiger partial charge in [0.2, 0.25) is 0 Å². The minimum Gasteiger partial charge on any atom is -0.418 e. The molecule has 0 fully saturated rings. The monoisotopic (exact) mass is 186 g/mol. The fraction of sp³-hybridized carbons (Fsp3) is 0.857. The second-order valence-electron chi connectivity index (χ2n) is 2.41. The summed E-state index contributed by atoms with van der Waals surface area (Å²) in [6.45, 7) is 5.98. The molecule has 0 rings (SSSR count). The first-order valence-electron chi connectivity index (χ1n) is 4.08. The van der Waals surface area contributed by atoms with Crippen LogP contribution in [0.1, 0.15) is 39.0 Å². The van der Waals surface area contributed by atoms with Crippen LogP contribution in [0.5, 0.6) is 0 Å². The van der Waals surface area contributed by atoms with Crippen molar-refractivity contribution in [2.24, 2.45) is 0 Å². The molecule has 0 atom stereocenters. The Morgan fingerprint density at radius 3 is 1.67 bits per heavy atom. The van der Waals surface area contributed by atoms with Crippen molar-refractivity contribution in [3.8, 4) is 0 Å². The van der Waals surface area contributed by atoms with Crippen LogP contribution in [-0.4, -0.2) is 7.25 Å². The number of rotatable bonds is 4. The van der Waals surface area contributed by atoms with Crippen molar-refractivity contribution in [3.63, 3.8) is 0 Å². The summed E-state index contributed by atoms with van der Waals surface area (Å²) in [7, 11) is -6.00. The zero-order valence-electron chi connectivity index (χ0n) is 7.33. The smallest absolute Gasteiger partial charge is 0.418 e. The molecule has 0 bridgehead atoms. The molecule has 0 aliphatic rings. The second-order valence-corrected chi connectivity index (χ2v) is 2.41. The molecule has 0 aliphatic carbocycles. The van der Waals surface area contributed by atoms with Gasteiger partial charge in [0.05, 0.1) is 0 Å². The molecule has 0 unspecified atom stereocenters. The van der Waals surface area contributed by atoms with E-state index < -0.39 is 7.25 Å². The maximum Gasteiger partial charge on any atom is 0.673 e. The van der Waals surface area contributed by atoms with Crippen LogP contribution in [0.3, 0.4) is 0 Å². The Hall–Kier alpha value is -0.215. The maximum absolute atomic E-state index is 9.75. The predicted molar refractivity (Wildman–Crippen MR) is 44.3 cm³/mol. The molecule has 0 saturated carbocycles. The summed E-state index contributed by atoms with van der Waals surface area (Å²) in [6, 6.07) is 0. The molecular weight excluding hydrogens is 171 g/mol. The van der Waals surface area contributed by atoms with E-state index in [9.17, 15) is 17.3 Å². The van der Waals surface area contributed by atoms with E-state index in [0.717, 1.165) is 6.42 Å². The molecule has 0 aromatic rings. The van der Waals surface area contributed by atoms with Crippen LogP contribution >= 0.6 is 0 Å². The lowest BCUT2D eigenvalue weighted by Crippen LogP contribution is -2.02. The van der Waals surface area contributed by atoms with E-state index >= 15 is 0 Å². The van der Waals surface area contributed by atoms with Crippen molar-refractivity contribution in [1.82, 2.24) is 0 Å². The average Bonchev–Trinajstić information content (AvgIpc) is 1.85. The van der Waals surface area contributed by atoms with Gasteiger partial charge in [-0.3, -0.25) is 0 Å². The van der Waals surface area contributed by atoms with E-state index in [2.05, 4.69) is 13.8 Å². The lowest BCUT2D eigenvalue weighted by atomic mass is 10.2. The van der Waals surface area contributed by atoms with Crippen LogP contribution in [0.25, 0.3) is 0 Å². The number of halogens is 4. The summed E-state index contributed by atoms with van der Waals surface area (Å²) in [5.74, 6) is 0. The van der Waals surface area contributed by atoms with Gasteiger partial charge in [0.15, 0.2) is 0 Å². The summed E-state index contributed by atoms with van der Waals surface area (Å²) >= 11 is 0. The Kier molecular flexibility index (Phi) is 10.6. The fourth-order valence-electron chi connectivity index (χ4n) is 0.604. The van der Waals surface area contributed by atoms with Crippen molar-refractivity contribution in [1.29, 1.82) is 0 Å². The van der Waals surface area contributed by atoms with E-state index in [1.54, 1.807) is 0 Å². The van der Waals surface area contributed by atoms with Gasteiger partial charge in [-0.2, -0.15) is 0 Å². The highest BCUT2D eigenvalue weighted by Crippen LogP contribution is 2.06. The van der Waals surface area contributed by atoms with Gasteiger partial charge in [0.1, 0.15) is 0 Å². The fourth-order valence-corrected chi connectivity index (χ4v) is 0.604. The highest BCUT2D eigenvalue weighted by Gasteiger charge is 2.20. The van der Waals surface area contributed by atoms with Crippen LogP contribution < -0.4 is 0 Å². The molecule has 0 spiro atoms. The summed E-state index contributed by atoms with van der Waals surface area (Å²) in [5.41, 5.74) is 0. The van der Waals surface area contributed by atoms with Gasteiger partial charge >= 0.3 is 7.25 Å². The van der Waals surface area contributed by atoms with Crippen molar-refractivity contribution < 1.29 is 17.3 Å². The molecule has 0 aliphatic heterocycles. The molecule has 0 amide bonds.